The van der Waals surface area contributed by atoms with E-state index in [1.165, 1.54) is 5.56 Å². The van der Waals surface area contributed by atoms with Crippen LogP contribution in [0.5, 0.6) is 0 Å². The molecule has 0 aliphatic rings. The molecule has 2 aromatic rings. The fraction of sp³-hybridized carbons (Fsp3) is 0.312. The van der Waals surface area contributed by atoms with Crippen molar-refractivity contribution in [1.82, 2.24) is 4.98 Å². The fourth-order valence-corrected chi connectivity index (χ4v) is 2.71. The van der Waals surface area contributed by atoms with Crippen LogP contribution in [0.2, 0.25) is 0 Å². The van der Waals surface area contributed by atoms with Gasteiger partial charge in [0.25, 0.3) is 0 Å². The quantitative estimate of drug-likeness (QED) is 0.868. The van der Waals surface area contributed by atoms with Crippen LogP contribution in [0.3, 0.4) is 0 Å². The number of hydrogen-bond donors (Lipinski definition) is 2. The van der Waals surface area contributed by atoms with Crippen LogP contribution in [0, 0.1) is 27.7 Å². The molecule has 0 spiro atoms. The van der Waals surface area contributed by atoms with Crippen molar-refractivity contribution < 1.29 is 5.11 Å². The Kier molecular flexibility index (Phi) is 3.58. The van der Waals surface area contributed by atoms with Crippen LogP contribution in [0.25, 0.3) is 0 Å². The van der Waals surface area contributed by atoms with E-state index < -0.39 is 6.10 Å². The van der Waals surface area contributed by atoms with Gasteiger partial charge in [-0.05, 0) is 56.0 Å². The summed E-state index contributed by atoms with van der Waals surface area (Å²) in [6, 6.07) is 6.02. The van der Waals surface area contributed by atoms with Crippen LogP contribution in [0.1, 0.15) is 39.5 Å². The van der Waals surface area contributed by atoms with E-state index >= 15 is 0 Å². The molecule has 1 aromatic carbocycles. The molecule has 1 aromatic heterocycles. The normalized spacial score (nSPS) is 12.5. The summed E-state index contributed by atoms with van der Waals surface area (Å²) in [7, 11) is 0. The minimum Gasteiger partial charge on any atom is -0.383 e. The molecule has 19 heavy (non-hydrogen) atoms. The first kappa shape index (κ1) is 13.6. The Balaban J connectivity index is 2.60. The van der Waals surface area contributed by atoms with Crippen LogP contribution < -0.4 is 5.73 Å². The van der Waals surface area contributed by atoms with E-state index in [0.29, 0.717) is 11.4 Å². The molecule has 0 bridgehead atoms. The van der Waals surface area contributed by atoms with Crippen molar-refractivity contribution in [2.24, 2.45) is 0 Å². The van der Waals surface area contributed by atoms with E-state index in [1.807, 2.05) is 26.8 Å². The summed E-state index contributed by atoms with van der Waals surface area (Å²) < 4.78 is 0. The summed E-state index contributed by atoms with van der Waals surface area (Å²) >= 11 is 0. The number of aliphatic hydroxyl groups excluding tert-OH is 1. The summed E-state index contributed by atoms with van der Waals surface area (Å²) in [5, 5.41) is 10.7. The van der Waals surface area contributed by atoms with Crippen molar-refractivity contribution in [2.45, 2.75) is 33.8 Å². The molecule has 3 nitrogen and oxygen atoms in total. The SMILES string of the molecule is Cc1cc(C)c(C(O)c2c(C)ccnc2N)c(C)c1. The lowest BCUT2D eigenvalue weighted by atomic mass is 9.90. The fourth-order valence-electron chi connectivity index (χ4n) is 2.71. The monoisotopic (exact) mass is 256 g/mol. The summed E-state index contributed by atoms with van der Waals surface area (Å²) in [4.78, 5) is 4.08. The molecule has 0 saturated heterocycles. The highest BCUT2D eigenvalue weighted by atomic mass is 16.3. The van der Waals surface area contributed by atoms with Crippen molar-refractivity contribution in [2.75, 3.05) is 5.73 Å². The number of nitrogens with two attached hydrogens (primary N) is 1. The molecule has 0 aliphatic carbocycles. The molecule has 100 valence electrons. The third kappa shape index (κ3) is 2.47. The van der Waals surface area contributed by atoms with Gasteiger partial charge in [-0.3, -0.25) is 0 Å². The van der Waals surface area contributed by atoms with E-state index in [4.69, 9.17) is 5.73 Å². The summed E-state index contributed by atoms with van der Waals surface area (Å²) in [6.07, 6.45) is 0.935. The highest BCUT2D eigenvalue weighted by Crippen LogP contribution is 2.32. The number of aromatic nitrogens is 1. The van der Waals surface area contributed by atoms with Gasteiger partial charge in [0.1, 0.15) is 11.9 Å². The van der Waals surface area contributed by atoms with E-state index in [0.717, 1.165) is 22.3 Å². The molecule has 0 amide bonds. The smallest absolute Gasteiger partial charge is 0.129 e. The number of aliphatic hydroxyl groups is 1. The molecule has 0 aliphatic heterocycles. The first-order valence-corrected chi connectivity index (χ1v) is 6.38. The second-order valence-electron chi connectivity index (χ2n) is 5.14. The Morgan fingerprint density at radius 2 is 1.58 bits per heavy atom. The summed E-state index contributed by atoms with van der Waals surface area (Å²) in [5.41, 5.74) is 11.9. The average Bonchev–Trinajstić information content (AvgIpc) is 2.26. The molecule has 3 N–H and O–H groups in total. The number of nitrogen functional groups attached to an aromatic ring is 1. The van der Waals surface area contributed by atoms with Crippen LogP contribution in [0.15, 0.2) is 24.4 Å². The lowest BCUT2D eigenvalue weighted by Crippen LogP contribution is -2.10. The zero-order valence-corrected chi connectivity index (χ0v) is 11.9. The predicted octanol–water partition coefficient (Wildman–Crippen LogP) is 2.98. The lowest BCUT2D eigenvalue weighted by molar-refractivity contribution is 0.218. The maximum atomic E-state index is 10.7. The molecule has 3 heteroatoms. The number of benzene rings is 1. The predicted molar refractivity (Wildman–Crippen MR) is 78.1 cm³/mol. The minimum atomic E-state index is -0.728. The second kappa shape index (κ2) is 5.02. The van der Waals surface area contributed by atoms with Crippen molar-refractivity contribution >= 4 is 5.82 Å². The van der Waals surface area contributed by atoms with Gasteiger partial charge in [-0.25, -0.2) is 4.98 Å². The third-order valence-electron chi connectivity index (χ3n) is 3.52. The summed E-state index contributed by atoms with van der Waals surface area (Å²) in [5.74, 6) is 0.395. The van der Waals surface area contributed by atoms with Crippen molar-refractivity contribution in [3.63, 3.8) is 0 Å². The number of hydrogen-bond acceptors (Lipinski definition) is 3. The first-order valence-electron chi connectivity index (χ1n) is 6.38. The number of pyridine rings is 1. The van der Waals surface area contributed by atoms with Gasteiger partial charge in [0.05, 0.1) is 0 Å². The molecule has 0 radical (unpaired) electrons. The van der Waals surface area contributed by atoms with Gasteiger partial charge >= 0.3 is 0 Å². The van der Waals surface area contributed by atoms with Crippen molar-refractivity contribution in [3.05, 3.63) is 57.8 Å². The van der Waals surface area contributed by atoms with Gasteiger partial charge in [-0.1, -0.05) is 17.7 Å². The third-order valence-corrected chi connectivity index (χ3v) is 3.52. The minimum absolute atomic E-state index is 0.395. The van der Waals surface area contributed by atoms with Gasteiger partial charge < -0.3 is 10.8 Å². The highest BCUT2D eigenvalue weighted by Gasteiger charge is 2.20. The van der Waals surface area contributed by atoms with E-state index in [2.05, 4.69) is 24.0 Å². The van der Waals surface area contributed by atoms with Gasteiger partial charge in [0.2, 0.25) is 0 Å². The van der Waals surface area contributed by atoms with Crippen LogP contribution in [0.4, 0.5) is 5.82 Å². The van der Waals surface area contributed by atoms with Crippen molar-refractivity contribution in [1.29, 1.82) is 0 Å². The molecule has 0 fully saturated rings. The van der Waals surface area contributed by atoms with E-state index in [-0.39, 0.29) is 0 Å². The summed E-state index contributed by atoms with van der Waals surface area (Å²) in [6.45, 7) is 8.02. The number of nitrogens with zero attached hydrogens (tertiary/aromatic N) is 1. The molecular weight excluding hydrogens is 236 g/mol. The molecule has 1 unspecified atom stereocenters. The zero-order valence-electron chi connectivity index (χ0n) is 11.9. The van der Waals surface area contributed by atoms with Gasteiger partial charge in [0, 0.05) is 11.8 Å². The van der Waals surface area contributed by atoms with E-state index in [9.17, 15) is 5.11 Å². The number of anilines is 1. The Labute approximate surface area is 114 Å². The highest BCUT2D eigenvalue weighted by molar-refractivity contribution is 5.52. The Morgan fingerprint density at radius 1 is 1.00 bits per heavy atom. The van der Waals surface area contributed by atoms with Gasteiger partial charge in [-0.15, -0.1) is 0 Å². The van der Waals surface area contributed by atoms with Gasteiger partial charge in [-0.2, -0.15) is 0 Å². The molecule has 1 heterocycles. The zero-order chi connectivity index (χ0) is 14.2. The Hall–Kier alpha value is -1.87. The van der Waals surface area contributed by atoms with Crippen LogP contribution in [-0.2, 0) is 0 Å². The molecule has 1 atom stereocenters. The Bertz CT molecular complexity index is 577. The maximum absolute atomic E-state index is 10.7. The van der Waals surface area contributed by atoms with Crippen LogP contribution >= 0.6 is 0 Å². The molecular formula is C16H20N2O. The number of aryl methyl sites for hydroxylation is 4. The largest absolute Gasteiger partial charge is 0.383 e. The topological polar surface area (TPSA) is 59.1 Å². The molecule has 2 rings (SSSR count). The molecule has 0 saturated carbocycles. The van der Waals surface area contributed by atoms with Crippen molar-refractivity contribution in [3.8, 4) is 0 Å². The lowest BCUT2D eigenvalue weighted by Gasteiger charge is -2.20. The Morgan fingerprint density at radius 3 is 2.11 bits per heavy atom. The second-order valence-corrected chi connectivity index (χ2v) is 5.14. The van der Waals surface area contributed by atoms with Gasteiger partial charge in [0.15, 0.2) is 0 Å². The maximum Gasteiger partial charge on any atom is 0.129 e. The van der Waals surface area contributed by atoms with Crippen LogP contribution in [-0.4, -0.2) is 10.1 Å². The standard InChI is InChI=1S/C16H20N2O/c1-9-7-11(3)13(12(4)8-9)15(19)14-10(2)5-6-18-16(14)17/h5-8,15,19H,1-4H3,(H2,17,18). The average molecular weight is 256 g/mol. The number of rotatable bonds is 2. The first-order chi connectivity index (χ1) is 8.91. The van der Waals surface area contributed by atoms with E-state index in [1.54, 1.807) is 6.20 Å².